The number of ketones is 1. The van der Waals surface area contributed by atoms with Crippen molar-refractivity contribution in [2.45, 2.75) is 13.3 Å². The van der Waals surface area contributed by atoms with Crippen molar-refractivity contribution >= 4 is 28.7 Å². The van der Waals surface area contributed by atoms with Crippen LogP contribution in [-0.2, 0) is 4.79 Å². The quantitative estimate of drug-likeness (QED) is 0.762. The van der Waals surface area contributed by atoms with Crippen molar-refractivity contribution < 1.29 is 9.59 Å². The molecule has 0 unspecified atom stereocenters. The number of carbonyl (C=O) groups excluding carboxylic acids is 2. The highest BCUT2D eigenvalue weighted by atomic mass is 32.2. The second-order valence-corrected chi connectivity index (χ2v) is 4.75. The molecule has 0 aliphatic rings. The van der Waals surface area contributed by atoms with E-state index >= 15 is 0 Å². The van der Waals surface area contributed by atoms with Gasteiger partial charge in [-0.1, -0.05) is 48.2 Å². The monoisotopic (exact) mass is 259 g/mol. The van der Waals surface area contributed by atoms with Gasteiger partial charge in [0.05, 0.1) is 12.5 Å². The van der Waals surface area contributed by atoms with Gasteiger partial charge in [-0.3, -0.25) is 9.59 Å². The third-order valence-corrected chi connectivity index (χ3v) is 2.95. The molecule has 0 heterocycles. The van der Waals surface area contributed by atoms with Crippen LogP contribution in [0.2, 0.25) is 0 Å². The number of benzene rings is 1. The van der Waals surface area contributed by atoms with Crippen LogP contribution in [0.15, 0.2) is 30.3 Å². The molecule has 1 aromatic carbocycles. The van der Waals surface area contributed by atoms with Crippen LogP contribution in [0.3, 0.4) is 0 Å². The van der Waals surface area contributed by atoms with E-state index in [1.54, 1.807) is 18.2 Å². The molecule has 0 atom stereocenters. The summed E-state index contributed by atoms with van der Waals surface area (Å²) >= 11 is 1.21. The Morgan fingerprint density at radius 2 is 2.11 bits per heavy atom. The number of thioether (sulfide) groups is 1. The van der Waals surface area contributed by atoms with Gasteiger partial charge < -0.3 is 0 Å². The van der Waals surface area contributed by atoms with Gasteiger partial charge in [-0.15, -0.1) is 0 Å². The molecule has 0 radical (unpaired) electrons. The molecule has 0 saturated carbocycles. The lowest BCUT2D eigenvalue weighted by atomic mass is 10.0. The molecule has 4 heteroatoms. The molecule has 92 valence electrons. The molecular weight excluding hydrogens is 246 g/mol. The van der Waals surface area contributed by atoms with Crippen LogP contribution in [0.5, 0.6) is 0 Å². The molecule has 0 N–H and O–H groups in total. The molecule has 0 bridgehead atoms. The van der Waals surface area contributed by atoms with E-state index in [1.165, 1.54) is 18.7 Å². The Morgan fingerprint density at radius 1 is 1.39 bits per heavy atom. The highest BCUT2D eigenvalue weighted by molar-refractivity contribution is 8.13. The van der Waals surface area contributed by atoms with Gasteiger partial charge in [0.2, 0.25) is 0 Å². The Kier molecular flexibility index (Phi) is 5.89. The van der Waals surface area contributed by atoms with Gasteiger partial charge in [0.15, 0.2) is 10.9 Å². The highest BCUT2D eigenvalue weighted by Gasteiger charge is 2.08. The lowest BCUT2D eigenvalue weighted by Gasteiger charge is -2.02. The van der Waals surface area contributed by atoms with E-state index in [0.717, 1.165) is 5.56 Å². The van der Waals surface area contributed by atoms with Crippen LogP contribution in [0, 0.1) is 11.3 Å². The summed E-state index contributed by atoms with van der Waals surface area (Å²) in [4.78, 5) is 22.4. The number of hydrogen-bond acceptors (Lipinski definition) is 4. The minimum atomic E-state index is -0.183. The van der Waals surface area contributed by atoms with Crippen molar-refractivity contribution in [3.8, 4) is 6.07 Å². The molecule has 0 spiro atoms. The predicted molar refractivity (Wildman–Crippen MR) is 73.2 cm³/mol. The predicted octanol–water partition coefficient (Wildman–Crippen LogP) is 3.08. The summed E-state index contributed by atoms with van der Waals surface area (Å²) < 4.78 is 0. The number of hydrogen-bond donors (Lipinski definition) is 0. The van der Waals surface area contributed by atoms with Crippen molar-refractivity contribution in [1.29, 1.82) is 5.26 Å². The van der Waals surface area contributed by atoms with Gasteiger partial charge in [0.25, 0.3) is 0 Å². The molecule has 0 amide bonds. The molecule has 1 rings (SSSR count). The summed E-state index contributed by atoms with van der Waals surface area (Å²) in [7, 11) is 0. The van der Waals surface area contributed by atoms with Crippen LogP contribution < -0.4 is 0 Å². The Bertz CT molecular complexity index is 515. The summed E-state index contributed by atoms with van der Waals surface area (Å²) in [6, 6.07) is 8.98. The molecule has 18 heavy (non-hydrogen) atoms. The molecule has 0 fully saturated rings. The highest BCUT2D eigenvalue weighted by Crippen LogP contribution is 2.13. The Morgan fingerprint density at radius 3 is 2.78 bits per heavy atom. The summed E-state index contributed by atoms with van der Waals surface area (Å²) in [5.74, 6) is 0.396. The van der Waals surface area contributed by atoms with Crippen molar-refractivity contribution in [2.75, 3.05) is 5.75 Å². The Hall–Kier alpha value is -1.86. The van der Waals surface area contributed by atoms with Crippen molar-refractivity contribution in [3.05, 3.63) is 41.5 Å². The maximum Gasteiger partial charge on any atom is 0.186 e. The Balaban J connectivity index is 2.79. The molecule has 0 saturated heterocycles. The second-order valence-electron chi connectivity index (χ2n) is 3.55. The van der Waals surface area contributed by atoms with Crippen molar-refractivity contribution in [3.63, 3.8) is 0 Å². The molecule has 3 nitrogen and oxygen atoms in total. The standard InChI is InChI=1S/C14H13NO2S/c1-11(16)18-10-4-6-12-5-2-3-7-13(12)14(17)8-9-15/h2-7H,8,10H2,1H3. The summed E-state index contributed by atoms with van der Waals surface area (Å²) in [6.45, 7) is 1.52. The minimum Gasteiger partial charge on any atom is -0.293 e. The average molecular weight is 259 g/mol. The maximum absolute atomic E-state index is 11.7. The lowest BCUT2D eigenvalue weighted by Crippen LogP contribution is -1.99. The zero-order chi connectivity index (χ0) is 13.4. The smallest absolute Gasteiger partial charge is 0.186 e. The first-order valence-electron chi connectivity index (χ1n) is 5.44. The molecular formula is C14H13NO2S. The van der Waals surface area contributed by atoms with Crippen molar-refractivity contribution in [2.24, 2.45) is 0 Å². The first-order chi connectivity index (χ1) is 8.65. The number of carbonyl (C=O) groups is 2. The second kappa shape index (κ2) is 7.46. The van der Waals surface area contributed by atoms with Crippen LogP contribution in [-0.4, -0.2) is 16.7 Å². The summed E-state index contributed by atoms with van der Waals surface area (Å²) in [5, 5.41) is 8.60. The fourth-order valence-corrected chi connectivity index (χ4v) is 1.83. The molecule has 0 aliphatic carbocycles. The number of rotatable bonds is 5. The number of nitriles is 1. The molecule has 0 aromatic heterocycles. The van der Waals surface area contributed by atoms with Gasteiger partial charge in [-0.25, -0.2) is 0 Å². The van der Waals surface area contributed by atoms with Gasteiger partial charge >= 0.3 is 0 Å². The van der Waals surface area contributed by atoms with E-state index in [4.69, 9.17) is 5.26 Å². The van der Waals surface area contributed by atoms with Gasteiger partial charge in [0, 0.05) is 18.2 Å². The van der Waals surface area contributed by atoms with Crippen LogP contribution in [0.4, 0.5) is 0 Å². The SMILES string of the molecule is CC(=O)SCC=Cc1ccccc1C(=O)CC#N. The number of Topliss-reactive ketones (excluding diaryl/α,β-unsaturated/α-hetero) is 1. The lowest BCUT2D eigenvalue weighted by molar-refractivity contribution is -0.109. The summed E-state index contributed by atoms with van der Waals surface area (Å²) in [5.41, 5.74) is 1.32. The normalized spacial score (nSPS) is 10.2. The fourth-order valence-electron chi connectivity index (χ4n) is 1.40. The third-order valence-electron chi connectivity index (χ3n) is 2.18. The zero-order valence-corrected chi connectivity index (χ0v) is 10.9. The van der Waals surface area contributed by atoms with E-state index in [9.17, 15) is 9.59 Å². The van der Waals surface area contributed by atoms with E-state index in [0.29, 0.717) is 11.3 Å². The van der Waals surface area contributed by atoms with E-state index < -0.39 is 0 Å². The van der Waals surface area contributed by atoms with E-state index in [-0.39, 0.29) is 17.3 Å². The Labute approximate surface area is 111 Å². The van der Waals surface area contributed by atoms with E-state index in [2.05, 4.69) is 0 Å². The average Bonchev–Trinajstić information content (AvgIpc) is 2.35. The van der Waals surface area contributed by atoms with Crippen LogP contribution in [0.1, 0.15) is 29.3 Å². The number of nitrogens with zero attached hydrogens (tertiary/aromatic N) is 1. The first-order valence-corrected chi connectivity index (χ1v) is 6.42. The van der Waals surface area contributed by atoms with Crippen LogP contribution in [0.25, 0.3) is 6.08 Å². The maximum atomic E-state index is 11.7. The van der Waals surface area contributed by atoms with E-state index in [1.807, 2.05) is 24.3 Å². The zero-order valence-electron chi connectivity index (χ0n) is 10.1. The third kappa shape index (κ3) is 4.56. The van der Waals surface area contributed by atoms with Gasteiger partial charge in [-0.2, -0.15) is 5.26 Å². The fraction of sp³-hybridized carbons (Fsp3) is 0.214. The topological polar surface area (TPSA) is 57.9 Å². The largest absolute Gasteiger partial charge is 0.293 e. The van der Waals surface area contributed by atoms with Crippen LogP contribution >= 0.6 is 11.8 Å². The van der Waals surface area contributed by atoms with Gasteiger partial charge in [-0.05, 0) is 5.56 Å². The molecule has 0 aliphatic heterocycles. The molecule has 1 aromatic rings. The first kappa shape index (κ1) is 14.2. The summed E-state index contributed by atoms with van der Waals surface area (Å²) in [6.07, 6.45) is 3.53. The van der Waals surface area contributed by atoms with Crippen molar-refractivity contribution in [1.82, 2.24) is 0 Å². The van der Waals surface area contributed by atoms with Gasteiger partial charge in [0.1, 0.15) is 0 Å². The minimum absolute atomic E-state index is 0.0634.